The van der Waals surface area contributed by atoms with Crippen molar-refractivity contribution in [3.63, 3.8) is 0 Å². The molecule has 1 spiro atoms. The van der Waals surface area contributed by atoms with Gasteiger partial charge in [-0.2, -0.15) is 0 Å². The van der Waals surface area contributed by atoms with Crippen LogP contribution in [0.1, 0.15) is 130 Å². The number of rotatable bonds is 24. The highest BCUT2D eigenvalue weighted by Crippen LogP contribution is 2.56. The van der Waals surface area contributed by atoms with Gasteiger partial charge in [0.25, 0.3) is 0 Å². The number of fused-ring (bicyclic) bond motifs is 3. The lowest BCUT2D eigenvalue weighted by Crippen LogP contribution is -2.55. The molecular formula is C61H85FN4O10. The number of esters is 1. The molecule has 0 bridgehead atoms. The van der Waals surface area contributed by atoms with Crippen LogP contribution in [0.4, 0.5) is 9.18 Å². The average molecular weight is 1050 g/mol. The lowest BCUT2D eigenvalue weighted by atomic mass is 9.83. The highest BCUT2D eigenvalue weighted by molar-refractivity contribution is 5.92. The number of hydrogen-bond donors (Lipinski definition) is 1. The van der Waals surface area contributed by atoms with Crippen LogP contribution in [0.15, 0.2) is 72.8 Å². The van der Waals surface area contributed by atoms with Crippen molar-refractivity contribution in [3.05, 3.63) is 95.3 Å². The summed E-state index contributed by atoms with van der Waals surface area (Å²) in [4.78, 5) is 90.7. The maximum Gasteiger partial charge on any atom is 0.410 e. The molecule has 3 aromatic carbocycles. The van der Waals surface area contributed by atoms with E-state index in [-0.39, 0.29) is 78.1 Å². The predicted molar refractivity (Wildman–Crippen MR) is 290 cm³/mol. The van der Waals surface area contributed by atoms with E-state index >= 15 is 0 Å². The smallest absolute Gasteiger partial charge is 0.410 e. The second-order valence-corrected chi connectivity index (χ2v) is 23.6. The highest BCUT2D eigenvalue weighted by atomic mass is 19.1. The molecule has 15 heteroatoms. The number of benzene rings is 3. The molecule has 1 N–H and O–H groups in total. The van der Waals surface area contributed by atoms with Crippen LogP contribution >= 0.6 is 0 Å². The first-order valence-corrected chi connectivity index (χ1v) is 27.4. The number of carbonyl (C=O) groups is 6. The Hall–Kier alpha value is -5.67. The number of methoxy groups -OCH3 is 2. The largest absolute Gasteiger partial charge is 0.458 e. The Morgan fingerprint density at radius 2 is 1.39 bits per heavy atom. The molecule has 3 aromatic rings. The summed E-state index contributed by atoms with van der Waals surface area (Å²) >= 11 is 0. The number of hydrogen-bond acceptors (Lipinski definition) is 10. The summed E-state index contributed by atoms with van der Waals surface area (Å²) < 4.78 is 38.8. The number of halogens is 1. The zero-order chi connectivity index (χ0) is 56.0. The van der Waals surface area contributed by atoms with E-state index in [9.17, 15) is 33.2 Å². The molecule has 416 valence electrons. The molecule has 9 atom stereocenters. The van der Waals surface area contributed by atoms with E-state index in [4.69, 9.17) is 18.9 Å². The van der Waals surface area contributed by atoms with Crippen LogP contribution in [0.3, 0.4) is 0 Å². The van der Waals surface area contributed by atoms with E-state index in [1.54, 1.807) is 64.9 Å². The Balaban J connectivity index is 1.15. The fourth-order valence-corrected chi connectivity index (χ4v) is 11.9. The van der Waals surface area contributed by atoms with Crippen LogP contribution in [0.25, 0.3) is 11.1 Å². The first-order valence-electron chi connectivity index (χ1n) is 27.4. The molecule has 1 saturated heterocycles. The summed E-state index contributed by atoms with van der Waals surface area (Å²) in [6.07, 6.45) is 0.677. The Labute approximate surface area is 451 Å². The van der Waals surface area contributed by atoms with E-state index in [1.807, 2.05) is 70.7 Å². The average Bonchev–Trinajstić information content (AvgIpc) is 3.92. The normalized spacial score (nSPS) is 18.9. The third kappa shape index (κ3) is 13.7. The van der Waals surface area contributed by atoms with Gasteiger partial charge in [0.05, 0.1) is 42.7 Å². The third-order valence-corrected chi connectivity index (χ3v) is 16.4. The Bertz CT molecular complexity index is 2490. The van der Waals surface area contributed by atoms with Crippen molar-refractivity contribution in [2.24, 2.45) is 35.0 Å². The van der Waals surface area contributed by atoms with Gasteiger partial charge in [0, 0.05) is 59.5 Å². The number of likely N-dealkylation sites (N-methyl/N-ethyl adjacent to an activating group) is 2. The van der Waals surface area contributed by atoms with Crippen molar-refractivity contribution < 1.29 is 52.1 Å². The van der Waals surface area contributed by atoms with Crippen LogP contribution < -0.4 is 5.32 Å². The summed E-state index contributed by atoms with van der Waals surface area (Å²) in [5, 5.41) is 2.84. The molecule has 2 aliphatic carbocycles. The number of amides is 4. The van der Waals surface area contributed by atoms with Crippen molar-refractivity contribution >= 4 is 35.6 Å². The predicted octanol–water partition coefficient (Wildman–Crippen LogP) is 9.64. The van der Waals surface area contributed by atoms with E-state index in [0.29, 0.717) is 19.4 Å². The molecule has 6 rings (SSSR count). The molecule has 4 amide bonds. The summed E-state index contributed by atoms with van der Waals surface area (Å²) in [5.74, 6) is -4.83. The summed E-state index contributed by atoms with van der Waals surface area (Å²) in [7, 11) is 6.35. The van der Waals surface area contributed by atoms with Crippen molar-refractivity contribution in [1.82, 2.24) is 20.0 Å². The first-order chi connectivity index (χ1) is 35.9. The van der Waals surface area contributed by atoms with Crippen LogP contribution in [0.2, 0.25) is 0 Å². The Morgan fingerprint density at radius 3 is 1.92 bits per heavy atom. The molecule has 76 heavy (non-hydrogen) atoms. The number of nitrogens with one attached hydrogen (secondary N) is 1. The molecule has 1 saturated carbocycles. The number of ether oxygens (including phenoxy) is 4. The van der Waals surface area contributed by atoms with Gasteiger partial charge in [-0.1, -0.05) is 122 Å². The number of nitrogens with zero attached hydrogens (tertiary/aromatic N) is 3. The molecule has 1 aliphatic heterocycles. The topological polar surface area (TPSA) is 161 Å². The SMILES string of the molecule is CC[C@H](C)[C@@H]([C@@H](CC(=O)N1CC2(CC2)C[C@H]1[C@H](OC)[C@@H](C)C(=O)N[C@@H](Cc1ccccc1F)C(=O)OC(C)(C)C)OC)N(C)C(=O)[C@@H](CC(=O)[C@H](C(C)C)N(C)C(=O)OCC1c2ccccc2-c2ccccc21)C(C)C. The molecule has 0 aromatic heterocycles. The fraction of sp³-hybridized carbons (Fsp3) is 0.607. The third-order valence-electron chi connectivity index (χ3n) is 16.4. The first kappa shape index (κ1) is 59.6. The van der Waals surface area contributed by atoms with Crippen molar-refractivity contribution in [2.75, 3.05) is 41.5 Å². The standard InChI is InChI=1S/C61H85FN4O10/c1-15-38(6)54(64(11)57(70)45(36(2)3)31-50(67)53(37(4)5)65(12)59(72)75-34-46-43-25-19-17-23-41(43)42-24-18-20-26-44(42)46)51(73-13)32-52(68)66-35-61(28-29-61)33-49(66)55(74-14)39(7)56(69)63-48(58(71)76-60(8,9)10)30-40-22-16-21-27-47(40)62/h16-27,36-39,45-46,48-49,51,53-55H,15,28-35H2,1-14H3,(H,63,69)/t38-,39+,45-,48-,49-,51+,53-,54-,55+/m0/s1. The van der Waals surface area contributed by atoms with Gasteiger partial charge in [0.2, 0.25) is 17.7 Å². The summed E-state index contributed by atoms with van der Waals surface area (Å²) in [6.45, 7) is 19.1. The zero-order valence-electron chi connectivity index (χ0n) is 47.5. The minimum absolute atomic E-state index is 0.0677. The molecule has 2 fully saturated rings. The molecule has 1 heterocycles. The lowest BCUT2D eigenvalue weighted by molar-refractivity contribution is -0.159. The van der Waals surface area contributed by atoms with Crippen molar-refractivity contribution in [3.8, 4) is 11.1 Å². The molecule has 0 radical (unpaired) electrons. The van der Waals surface area contributed by atoms with Gasteiger partial charge in [-0.05, 0) is 97.1 Å². The van der Waals surface area contributed by atoms with Gasteiger partial charge >= 0.3 is 12.1 Å². The summed E-state index contributed by atoms with van der Waals surface area (Å²) in [6, 6.07) is 19.2. The highest BCUT2D eigenvalue weighted by Gasteiger charge is 2.56. The van der Waals surface area contributed by atoms with Crippen molar-refractivity contribution in [2.45, 2.75) is 162 Å². The maximum atomic E-state index is 14.9. The number of Topliss-reactive ketones (excluding diaryl/α,β-unsaturated/α-hetero) is 1. The molecule has 3 aliphatic rings. The quantitative estimate of drug-likeness (QED) is 0.0856. The molecule has 14 nitrogen and oxygen atoms in total. The minimum atomic E-state index is -1.19. The Morgan fingerprint density at radius 1 is 0.803 bits per heavy atom. The second kappa shape index (κ2) is 25.2. The Kier molecular flexibility index (Phi) is 19.8. The fourth-order valence-electron chi connectivity index (χ4n) is 11.9. The van der Waals surface area contributed by atoms with E-state index in [1.165, 1.54) is 25.2 Å². The van der Waals surface area contributed by atoms with Gasteiger partial charge in [0.15, 0.2) is 5.78 Å². The molecular weight excluding hydrogens is 968 g/mol. The monoisotopic (exact) mass is 1050 g/mol. The number of carbonyl (C=O) groups excluding carboxylic acids is 6. The zero-order valence-corrected chi connectivity index (χ0v) is 47.5. The van der Waals surface area contributed by atoms with Gasteiger partial charge < -0.3 is 39.0 Å². The molecule has 0 unspecified atom stereocenters. The van der Waals surface area contributed by atoms with Gasteiger partial charge in [0.1, 0.15) is 24.1 Å². The second-order valence-electron chi connectivity index (χ2n) is 23.6. The summed E-state index contributed by atoms with van der Waals surface area (Å²) in [5.41, 5.74) is 3.66. The van der Waals surface area contributed by atoms with E-state index < -0.39 is 77.6 Å². The van der Waals surface area contributed by atoms with Crippen LogP contribution in [-0.2, 0) is 49.3 Å². The van der Waals surface area contributed by atoms with Gasteiger partial charge in [-0.25, -0.2) is 14.0 Å². The number of likely N-dealkylation sites (tertiary alicyclic amines) is 1. The van der Waals surface area contributed by atoms with E-state index in [0.717, 1.165) is 35.1 Å². The van der Waals surface area contributed by atoms with Crippen LogP contribution in [-0.4, -0.2) is 134 Å². The van der Waals surface area contributed by atoms with Gasteiger partial charge in [-0.15, -0.1) is 0 Å². The number of ketones is 1. The maximum absolute atomic E-state index is 14.9. The minimum Gasteiger partial charge on any atom is -0.458 e. The van der Waals surface area contributed by atoms with Gasteiger partial charge in [-0.3, -0.25) is 19.2 Å². The lowest BCUT2D eigenvalue weighted by Gasteiger charge is -2.41. The van der Waals surface area contributed by atoms with Crippen molar-refractivity contribution in [1.29, 1.82) is 0 Å². The van der Waals surface area contributed by atoms with Crippen LogP contribution in [0.5, 0.6) is 0 Å². The van der Waals surface area contributed by atoms with E-state index in [2.05, 4.69) is 29.6 Å². The van der Waals surface area contributed by atoms with Crippen LogP contribution in [0, 0.1) is 40.8 Å².